The predicted octanol–water partition coefficient (Wildman–Crippen LogP) is 2.08. The molecule has 5 heteroatoms. The topological polar surface area (TPSA) is 47.2 Å². The first-order chi connectivity index (χ1) is 10.5. The second-order valence-electron chi connectivity index (χ2n) is 6.18. The summed E-state index contributed by atoms with van der Waals surface area (Å²) in [7, 11) is 1.84. The van der Waals surface area contributed by atoms with Gasteiger partial charge in [0.25, 0.3) is 0 Å². The zero-order chi connectivity index (χ0) is 15.9. The number of hydrogen-bond acceptors (Lipinski definition) is 2. The van der Waals surface area contributed by atoms with Crippen molar-refractivity contribution in [2.45, 2.75) is 45.8 Å². The Morgan fingerprint density at radius 1 is 1.27 bits per heavy atom. The van der Waals surface area contributed by atoms with Gasteiger partial charge in [-0.05, 0) is 44.7 Å². The average molecular weight is 301 g/mol. The van der Waals surface area contributed by atoms with E-state index in [-0.39, 0.29) is 24.2 Å². The Morgan fingerprint density at radius 2 is 1.86 bits per heavy atom. The Bertz CT molecular complexity index is 755. The van der Waals surface area contributed by atoms with Crippen LogP contribution in [0.2, 0.25) is 0 Å². The lowest BCUT2D eigenvalue weighted by molar-refractivity contribution is -0.132. The van der Waals surface area contributed by atoms with Crippen molar-refractivity contribution >= 4 is 16.9 Å². The van der Waals surface area contributed by atoms with Gasteiger partial charge in [0.2, 0.25) is 5.91 Å². The second-order valence-corrected chi connectivity index (χ2v) is 6.18. The summed E-state index contributed by atoms with van der Waals surface area (Å²) in [5.41, 5.74) is 1.61. The summed E-state index contributed by atoms with van der Waals surface area (Å²) in [5.74, 6) is 0.628. The molecule has 1 unspecified atom stereocenters. The highest BCUT2D eigenvalue weighted by molar-refractivity contribution is 5.81. The molecule has 1 aromatic heterocycles. The molecule has 1 heterocycles. The number of rotatable bonds is 5. The molecule has 0 aliphatic heterocycles. The van der Waals surface area contributed by atoms with Crippen LogP contribution in [0.3, 0.4) is 0 Å². The van der Waals surface area contributed by atoms with E-state index in [4.69, 9.17) is 0 Å². The van der Waals surface area contributed by atoms with Gasteiger partial charge in [-0.15, -0.1) is 0 Å². The van der Waals surface area contributed by atoms with Gasteiger partial charge in [-0.2, -0.15) is 0 Å². The minimum absolute atomic E-state index is 0.000469. The third-order valence-corrected chi connectivity index (χ3v) is 4.84. The largest absolute Gasteiger partial charge is 0.341 e. The number of aryl methyl sites for hydroxylation is 1. The molecule has 1 saturated carbocycles. The van der Waals surface area contributed by atoms with E-state index in [0.29, 0.717) is 12.5 Å². The SMILES string of the molecule is CCn1c(=O)n(CC(=O)N(C)C(C)C2CC2)c2ccccc21. The Balaban J connectivity index is 1.92. The van der Waals surface area contributed by atoms with Crippen LogP contribution in [0, 0.1) is 5.92 Å². The van der Waals surface area contributed by atoms with Gasteiger partial charge in [-0.3, -0.25) is 13.9 Å². The lowest BCUT2D eigenvalue weighted by Crippen LogP contribution is -2.40. The van der Waals surface area contributed by atoms with Crippen molar-refractivity contribution in [1.82, 2.24) is 14.0 Å². The van der Waals surface area contributed by atoms with Crippen molar-refractivity contribution in [3.05, 3.63) is 34.7 Å². The van der Waals surface area contributed by atoms with Crippen LogP contribution >= 0.6 is 0 Å². The van der Waals surface area contributed by atoms with Crippen LogP contribution < -0.4 is 5.69 Å². The number of nitrogens with zero attached hydrogens (tertiary/aromatic N) is 3. The van der Waals surface area contributed by atoms with Crippen LogP contribution in [0.15, 0.2) is 29.1 Å². The van der Waals surface area contributed by atoms with E-state index in [1.54, 1.807) is 14.0 Å². The fourth-order valence-electron chi connectivity index (χ4n) is 3.10. The van der Waals surface area contributed by atoms with Gasteiger partial charge in [0.1, 0.15) is 6.54 Å². The summed E-state index contributed by atoms with van der Waals surface area (Å²) in [5, 5.41) is 0. The molecule has 1 amide bonds. The molecule has 118 valence electrons. The van der Waals surface area contributed by atoms with Gasteiger partial charge in [0.15, 0.2) is 0 Å². The Kier molecular flexibility index (Phi) is 3.81. The summed E-state index contributed by atoms with van der Waals surface area (Å²) in [4.78, 5) is 26.9. The third kappa shape index (κ3) is 2.45. The number of likely N-dealkylation sites (N-methyl/N-ethyl adjacent to an activating group) is 1. The Morgan fingerprint density at radius 3 is 2.41 bits per heavy atom. The third-order valence-electron chi connectivity index (χ3n) is 4.84. The molecule has 3 rings (SSSR count). The molecule has 1 aromatic carbocycles. The minimum Gasteiger partial charge on any atom is -0.341 e. The molecule has 0 saturated heterocycles. The molecule has 1 atom stereocenters. The molecular formula is C17H23N3O2. The van der Waals surface area contributed by atoms with Crippen molar-refractivity contribution in [1.29, 1.82) is 0 Å². The lowest BCUT2D eigenvalue weighted by Gasteiger charge is -2.25. The maximum absolute atomic E-state index is 12.5. The van der Waals surface area contributed by atoms with Gasteiger partial charge in [0.05, 0.1) is 11.0 Å². The summed E-state index contributed by atoms with van der Waals surface area (Å²) in [6.07, 6.45) is 2.40. The Labute approximate surface area is 130 Å². The first kappa shape index (κ1) is 14.9. The molecule has 1 aliphatic carbocycles. The van der Waals surface area contributed by atoms with Gasteiger partial charge in [-0.1, -0.05) is 12.1 Å². The Hall–Kier alpha value is -2.04. The lowest BCUT2D eigenvalue weighted by atomic mass is 10.2. The summed E-state index contributed by atoms with van der Waals surface area (Å²) >= 11 is 0. The molecule has 0 spiro atoms. The molecule has 2 aromatic rings. The van der Waals surface area contributed by atoms with E-state index in [9.17, 15) is 9.59 Å². The van der Waals surface area contributed by atoms with Gasteiger partial charge < -0.3 is 4.90 Å². The van der Waals surface area contributed by atoms with Crippen molar-refractivity contribution in [2.75, 3.05) is 7.05 Å². The highest BCUT2D eigenvalue weighted by atomic mass is 16.2. The number of imidazole rings is 1. The molecule has 0 N–H and O–H groups in total. The number of fused-ring (bicyclic) bond motifs is 1. The van der Waals surface area contributed by atoms with Gasteiger partial charge in [-0.25, -0.2) is 4.79 Å². The predicted molar refractivity (Wildman–Crippen MR) is 86.8 cm³/mol. The maximum atomic E-state index is 12.5. The maximum Gasteiger partial charge on any atom is 0.329 e. The molecule has 5 nitrogen and oxygen atoms in total. The molecule has 0 bridgehead atoms. The first-order valence-electron chi connectivity index (χ1n) is 7.98. The molecule has 1 fully saturated rings. The van der Waals surface area contributed by atoms with Crippen molar-refractivity contribution < 1.29 is 4.79 Å². The van der Waals surface area contributed by atoms with Gasteiger partial charge >= 0.3 is 5.69 Å². The number of para-hydroxylation sites is 2. The monoisotopic (exact) mass is 301 g/mol. The summed E-state index contributed by atoms with van der Waals surface area (Å²) < 4.78 is 3.31. The van der Waals surface area contributed by atoms with Crippen LogP contribution in [-0.2, 0) is 17.9 Å². The van der Waals surface area contributed by atoms with Crippen molar-refractivity contribution in [3.8, 4) is 0 Å². The van der Waals surface area contributed by atoms with E-state index in [1.165, 1.54) is 12.8 Å². The zero-order valence-electron chi connectivity index (χ0n) is 13.5. The highest BCUT2D eigenvalue weighted by Gasteiger charge is 2.32. The number of aromatic nitrogens is 2. The van der Waals surface area contributed by atoms with Crippen LogP contribution in [0.25, 0.3) is 11.0 Å². The van der Waals surface area contributed by atoms with E-state index in [1.807, 2.05) is 38.2 Å². The van der Waals surface area contributed by atoms with Crippen molar-refractivity contribution in [3.63, 3.8) is 0 Å². The number of hydrogen-bond donors (Lipinski definition) is 0. The summed E-state index contributed by atoms with van der Waals surface area (Å²) in [6.45, 7) is 4.75. The van der Waals surface area contributed by atoms with Crippen LogP contribution in [0.1, 0.15) is 26.7 Å². The first-order valence-corrected chi connectivity index (χ1v) is 7.98. The highest BCUT2D eigenvalue weighted by Crippen LogP contribution is 2.34. The van der Waals surface area contributed by atoms with E-state index in [2.05, 4.69) is 6.92 Å². The fourth-order valence-corrected chi connectivity index (χ4v) is 3.10. The van der Waals surface area contributed by atoms with Crippen molar-refractivity contribution in [2.24, 2.45) is 5.92 Å². The minimum atomic E-state index is -0.107. The molecular weight excluding hydrogens is 278 g/mol. The number of carbonyl (C=O) groups excluding carboxylic acids is 1. The summed E-state index contributed by atoms with van der Waals surface area (Å²) in [6, 6.07) is 7.90. The smallest absolute Gasteiger partial charge is 0.329 e. The van der Waals surface area contributed by atoms with Gasteiger partial charge in [0, 0.05) is 19.6 Å². The standard InChI is InChI=1S/C17H23N3O2/c1-4-19-14-7-5-6-8-15(14)20(17(19)22)11-16(21)18(3)12(2)13-9-10-13/h5-8,12-13H,4,9-11H2,1-3H3. The number of amides is 1. The zero-order valence-corrected chi connectivity index (χ0v) is 13.5. The second kappa shape index (κ2) is 5.63. The van der Waals surface area contributed by atoms with E-state index < -0.39 is 0 Å². The molecule has 0 radical (unpaired) electrons. The van der Waals surface area contributed by atoms with E-state index in [0.717, 1.165) is 11.0 Å². The van der Waals surface area contributed by atoms with E-state index >= 15 is 0 Å². The van der Waals surface area contributed by atoms with Crippen LogP contribution in [-0.4, -0.2) is 33.0 Å². The number of benzene rings is 1. The normalized spacial score (nSPS) is 16.0. The molecule has 22 heavy (non-hydrogen) atoms. The molecule has 1 aliphatic rings. The number of carbonyl (C=O) groups is 1. The fraction of sp³-hybridized carbons (Fsp3) is 0.529. The average Bonchev–Trinajstić information content (AvgIpc) is 3.33. The quantitative estimate of drug-likeness (QED) is 0.849. The van der Waals surface area contributed by atoms with Crippen LogP contribution in [0.4, 0.5) is 0 Å². The van der Waals surface area contributed by atoms with Crippen LogP contribution in [0.5, 0.6) is 0 Å².